The van der Waals surface area contributed by atoms with E-state index in [9.17, 15) is 28.3 Å². The van der Waals surface area contributed by atoms with Crippen molar-refractivity contribution in [3.8, 4) is 0 Å². The molecule has 0 aromatic heterocycles. The third-order valence-corrected chi connectivity index (χ3v) is 15.8. The van der Waals surface area contributed by atoms with Gasteiger partial charge in [0.05, 0.1) is 26.9 Å². The third kappa shape index (κ3) is 12.6. The normalized spacial score (nSPS) is 35.1. The second-order valence-corrected chi connectivity index (χ2v) is 19.7. The van der Waals surface area contributed by atoms with Crippen LogP contribution in [0.25, 0.3) is 0 Å². The molecule has 0 aromatic carbocycles. The van der Waals surface area contributed by atoms with Crippen molar-refractivity contribution < 1.29 is 67.5 Å². The molecule has 7 aliphatic heterocycles. The molecule has 9 rings (SSSR count). The Hall–Kier alpha value is -1.71. The number of esters is 1. The zero-order valence-corrected chi connectivity index (χ0v) is 38.9. The van der Waals surface area contributed by atoms with E-state index in [0.717, 1.165) is 117 Å². The molecule has 4 atom stereocenters. The predicted molar refractivity (Wildman–Crippen MR) is 233 cm³/mol. The molecule has 1 N–H and O–H groups in total. The van der Waals surface area contributed by atoms with Crippen LogP contribution in [-0.2, 0) is 23.7 Å². The van der Waals surface area contributed by atoms with Gasteiger partial charge in [0, 0.05) is 97.5 Å². The number of methoxy groups -OCH3 is 1. The fraction of sp³-hybridized carbons (Fsp3) is 0.933. The molecule has 14 nitrogen and oxygen atoms in total. The first-order valence-corrected chi connectivity index (χ1v) is 23.9. The van der Waals surface area contributed by atoms with Crippen LogP contribution in [0.5, 0.6) is 0 Å². The van der Waals surface area contributed by atoms with E-state index in [1.54, 1.807) is 0 Å². The Bertz CT molecular complexity index is 1450. The van der Waals surface area contributed by atoms with Gasteiger partial charge in [0.1, 0.15) is 18.4 Å². The van der Waals surface area contributed by atoms with Crippen molar-refractivity contribution in [1.82, 2.24) is 29.4 Å². The van der Waals surface area contributed by atoms with Crippen molar-refractivity contribution in [3.05, 3.63) is 0 Å². The van der Waals surface area contributed by atoms with Crippen molar-refractivity contribution in [1.29, 1.82) is 0 Å². The van der Waals surface area contributed by atoms with Gasteiger partial charge in [-0.05, 0) is 134 Å². The minimum atomic E-state index is -0.937. The first-order chi connectivity index (χ1) is 29.5. The largest absolute Gasteiger partial charge is 1.00 e. The molecule has 0 unspecified atom stereocenters. The predicted octanol–water partition coefficient (Wildman–Crippen LogP) is 1.45. The van der Waals surface area contributed by atoms with Gasteiger partial charge in [0.15, 0.2) is 0 Å². The summed E-state index contributed by atoms with van der Waals surface area (Å²) in [5.74, 6) is -0.305. The van der Waals surface area contributed by atoms with Crippen molar-refractivity contribution in [2.24, 2.45) is 10.8 Å². The summed E-state index contributed by atoms with van der Waals surface area (Å²) in [6.07, 6.45) is 12.2. The molecule has 18 heteroatoms. The number of carbonyl (C=O) groups excluding carboxylic acids is 3. The van der Waals surface area contributed by atoms with Crippen molar-refractivity contribution in [2.45, 2.75) is 152 Å². The fourth-order valence-corrected chi connectivity index (χ4v) is 12.4. The molecule has 7 heterocycles. The Kier molecular flexibility index (Phi) is 19.8. The van der Waals surface area contributed by atoms with Crippen molar-refractivity contribution >= 4 is 26.6 Å². The summed E-state index contributed by atoms with van der Waals surface area (Å²) in [6, 6.07) is 1.48. The quantitative estimate of drug-likeness (QED) is 0.216. The molecule has 2 amide bonds. The van der Waals surface area contributed by atoms with Crippen LogP contribution in [0.3, 0.4) is 0 Å². The van der Waals surface area contributed by atoms with Crippen LogP contribution in [0.4, 0.5) is 18.4 Å². The Labute approximate surface area is 390 Å². The van der Waals surface area contributed by atoms with E-state index in [1.807, 2.05) is 28.5 Å². The summed E-state index contributed by atoms with van der Waals surface area (Å²) in [5, 5.41) is 9.53. The van der Waals surface area contributed by atoms with Crippen LogP contribution in [0.2, 0.25) is 0 Å². The second kappa shape index (κ2) is 23.8. The van der Waals surface area contributed by atoms with Crippen molar-refractivity contribution in [3.63, 3.8) is 0 Å². The summed E-state index contributed by atoms with van der Waals surface area (Å²) in [7, 11) is 1.38. The first-order valence-electron chi connectivity index (χ1n) is 23.9. The molecule has 353 valence electrons. The number of amides is 2. The molecule has 0 bridgehead atoms. The summed E-state index contributed by atoms with van der Waals surface area (Å²) in [6.45, 7) is 14.9. The zero-order valence-electron chi connectivity index (χ0n) is 39.9. The smallest absolute Gasteiger partial charge is 1.00 e. The standard InChI is InChI=1S/C21H34FN3O4.C20H34FN3O3.C4H8O.B.Li.H/c1-3-29-20(27)24-9-6-21(14-24)11-17(12-21)23-7-4-16(5-8-23)25-13-15(22)10-18(25)19(26)28-2;1-2-27-19(26)23-8-5-20(14-23)10-18(11-20)22-6-3-16(4-7-22)24-12-15(21)9-17(24)13-25;1-2-4-5-3-1;;;/h15-18H,3-14H2,1-2H3;15-18,25H,2-14H2,1H3;1-4H2;;;/q;;;;+1;-1/t15-,17?,18-,21?;15-,17-,18?,20?;;;;/m11..../s1. The summed E-state index contributed by atoms with van der Waals surface area (Å²) in [4.78, 5) is 49.1. The molecule has 2 spiro atoms. The van der Waals surface area contributed by atoms with Gasteiger partial charge in [0.2, 0.25) is 0 Å². The summed E-state index contributed by atoms with van der Waals surface area (Å²) >= 11 is 0. The molecule has 3 radical (unpaired) electrons. The second-order valence-electron chi connectivity index (χ2n) is 19.7. The number of hydrogen-bond acceptors (Lipinski definition) is 12. The number of aliphatic hydroxyl groups excluding tert-OH is 1. The van der Waals surface area contributed by atoms with E-state index in [-0.39, 0.29) is 77.4 Å². The zero-order chi connectivity index (χ0) is 43.1. The maximum Gasteiger partial charge on any atom is 1.00 e. The van der Waals surface area contributed by atoms with E-state index in [0.29, 0.717) is 56.3 Å². The Morgan fingerprint density at radius 2 is 1.14 bits per heavy atom. The number of nitrogens with zero attached hydrogens (tertiary/aromatic N) is 6. The van der Waals surface area contributed by atoms with E-state index >= 15 is 0 Å². The van der Waals surface area contributed by atoms with Gasteiger partial charge in [-0.3, -0.25) is 14.6 Å². The molecule has 7 saturated heterocycles. The van der Waals surface area contributed by atoms with Gasteiger partial charge in [-0.15, -0.1) is 0 Å². The van der Waals surface area contributed by atoms with Gasteiger partial charge in [-0.2, -0.15) is 0 Å². The van der Waals surface area contributed by atoms with Gasteiger partial charge in [-0.1, -0.05) is 0 Å². The topological polar surface area (TPSA) is 128 Å². The van der Waals surface area contributed by atoms with Gasteiger partial charge >= 0.3 is 37.0 Å². The Morgan fingerprint density at radius 1 is 0.698 bits per heavy atom. The van der Waals surface area contributed by atoms with E-state index < -0.39 is 18.4 Å². The van der Waals surface area contributed by atoms with Crippen molar-refractivity contribution in [2.75, 3.05) is 106 Å². The van der Waals surface area contributed by atoms with E-state index in [2.05, 4.69) is 14.7 Å². The number of rotatable bonds is 8. The Balaban J connectivity index is 0.000000243. The summed E-state index contributed by atoms with van der Waals surface area (Å²) < 4.78 is 47.8. The average molecular weight is 886 g/mol. The minimum Gasteiger partial charge on any atom is -1.00 e. The maximum atomic E-state index is 14.0. The molecular formula is C45H77BF2LiN6O8. The number of aliphatic hydroxyl groups is 1. The molecule has 63 heavy (non-hydrogen) atoms. The molecule has 9 fully saturated rings. The third-order valence-electron chi connectivity index (χ3n) is 15.8. The molecule has 2 aliphatic carbocycles. The van der Waals surface area contributed by atoms with Crippen LogP contribution >= 0.6 is 0 Å². The van der Waals surface area contributed by atoms with Gasteiger partial charge in [0.25, 0.3) is 0 Å². The summed E-state index contributed by atoms with van der Waals surface area (Å²) in [5.41, 5.74) is 0.591. The number of piperidine rings is 2. The fourth-order valence-electron chi connectivity index (χ4n) is 12.4. The number of alkyl halides is 2. The Morgan fingerprint density at radius 3 is 1.56 bits per heavy atom. The van der Waals surface area contributed by atoms with Crippen LogP contribution < -0.4 is 18.9 Å². The number of carbonyl (C=O) groups is 3. The van der Waals surface area contributed by atoms with Crippen LogP contribution in [0.15, 0.2) is 0 Å². The van der Waals surface area contributed by atoms with Gasteiger partial charge in [-0.25, -0.2) is 18.4 Å². The van der Waals surface area contributed by atoms with E-state index in [4.69, 9.17) is 18.9 Å². The van der Waals surface area contributed by atoms with E-state index in [1.165, 1.54) is 32.8 Å². The molecule has 0 aromatic rings. The average Bonchev–Trinajstić information content (AvgIpc) is 4.10. The first kappa shape index (κ1) is 52.3. The molecule has 2 saturated carbocycles. The molecule has 9 aliphatic rings. The number of ether oxygens (including phenoxy) is 4. The number of likely N-dealkylation sites (tertiary alicyclic amines) is 6. The van der Waals surface area contributed by atoms with Crippen LogP contribution in [0, 0.1) is 10.8 Å². The van der Waals surface area contributed by atoms with Crippen LogP contribution in [-0.4, -0.2) is 215 Å². The van der Waals surface area contributed by atoms with Gasteiger partial charge < -0.3 is 45.1 Å². The molecular weight excluding hydrogens is 808 g/mol. The van der Waals surface area contributed by atoms with Crippen LogP contribution in [0.1, 0.15) is 105 Å². The number of hydrogen-bond donors (Lipinski definition) is 1. The minimum absolute atomic E-state index is 0. The number of halogens is 2. The maximum absolute atomic E-state index is 14.0. The monoisotopic (exact) mass is 886 g/mol. The SMILES string of the molecule is C1CCOC1.CCOC(=O)N1CCC2(CC(N3CCC(N4C[C@H](F)C[C@@H]4C(=O)OC)CC3)C2)C1.CCOC(=O)N1CCC2(CC(N3CCC(N4C[C@H](F)C[C@@H]4CO)CC3)C2)C1.[B].[H-].[Li+].